The predicted molar refractivity (Wildman–Crippen MR) is 110 cm³/mol. The van der Waals surface area contributed by atoms with E-state index in [0.717, 1.165) is 11.5 Å². The molecule has 28 heavy (non-hydrogen) atoms. The molecule has 2 N–H and O–H groups in total. The van der Waals surface area contributed by atoms with E-state index in [-0.39, 0.29) is 16.8 Å². The molecular weight excluding hydrogens is 374 g/mol. The Morgan fingerprint density at radius 1 is 1.36 bits per heavy atom. The molecule has 2 aliphatic rings. The lowest BCUT2D eigenvalue weighted by Crippen LogP contribution is -2.36. The Balaban J connectivity index is 1.91. The van der Waals surface area contributed by atoms with Crippen molar-refractivity contribution in [1.29, 1.82) is 0 Å². The summed E-state index contributed by atoms with van der Waals surface area (Å²) in [5.41, 5.74) is 1.49. The van der Waals surface area contributed by atoms with Crippen LogP contribution in [0.2, 0.25) is 0 Å². The van der Waals surface area contributed by atoms with Crippen LogP contribution in [0, 0.1) is 12.3 Å². The normalized spacial score (nSPS) is 20.4. The third-order valence-corrected chi connectivity index (χ3v) is 5.95. The standard InChI is InChI=1S/C21H23N3O3S/c1-5-8-28-20-23-18-17(19(26)24-20)16(14-7-6-11(2)27-14)15-12(22-18)9-21(3,4)10-13(15)25/h5-7,16H,1,8-10H2,2-4H3,(H2,22,23,24,26). The van der Waals surface area contributed by atoms with Crippen molar-refractivity contribution in [2.24, 2.45) is 5.41 Å². The van der Waals surface area contributed by atoms with Crippen LogP contribution < -0.4 is 10.9 Å². The highest BCUT2D eigenvalue weighted by Crippen LogP contribution is 2.47. The van der Waals surface area contributed by atoms with Gasteiger partial charge in [0.15, 0.2) is 10.9 Å². The van der Waals surface area contributed by atoms with Gasteiger partial charge in [0.1, 0.15) is 17.3 Å². The zero-order valence-electron chi connectivity index (χ0n) is 16.2. The fourth-order valence-electron chi connectivity index (χ4n) is 3.99. The molecule has 2 aromatic heterocycles. The van der Waals surface area contributed by atoms with Crippen LogP contribution in [-0.2, 0) is 4.79 Å². The summed E-state index contributed by atoms with van der Waals surface area (Å²) in [5.74, 6) is 1.98. The van der Waals surface area contributed by atoms with E-state index in [0.29, 0.717) is 46.5 Å². The number of allylic oxidation sites excluding steroid dienone is 2. The number of hydrogen-bond acceptors (Lipinski definition) is 6. The van der Waals surface area contributed by atoms with Gasteiger partial charge in [0.05, 0.1) is 11.5 Å². The van der Waals surface area contributed by atoms with E-state index >= 15 is 0 Å². The number of aromatic amines is 1. The second-order valence-corrected chi connectivity index (χ2v) is 9.08. The van der Waals surface area contributed by atoms with Crippen LogP contribution in [0.15, 0.2) is 50.4 Å². The smallest absolute Gasteiger partial charge is 0.257 e. The first-order valence-corrected chi connectivity index (χ1v) is 10.2. The Morgan fingerprint density at radius 2 is 2.14 bits per heavy atom. The number of furan rings is 1. The highest BCUT2D eigenvalue weighted by atomic mass is 32.2. The molecule has 0 saturated heterocycles. The second-order valence-electron chi connectivity index (χ2n) is 8.07. The average Bonchev–Trinajstić information content (AvgIpc) is 3.03. The fraction of sp³-hybridized carbons (Fsp3) is 0.381. The van der Waals surface area contributed by atoms with Crippen molar-refractivity contribution in [2.45, 2.75) is 44.7 Å². The number of thioether (sulfide) groups is 1. The largest absolute Gasteiger partial charge is 0.465 e. The van der Waals surface area contributed by atoms with Gasteiger partial charge in [-0.1, -0.05) is 31.7 Å². The van der Waals surface area contributed by atoms with Crippen molar-refractivity contribution in [3.05, 3.63) is 63.5 Å². The number of nitrogens with zero attached hydrogens (tertiary/aromatic N) is 1. The summed E-state index contributed by atoms with van der Waals surface area (Å²) in [5, 5.41) is 3.82. The summed E-state index contributed by atoms with van der Waals surface area (Å²) < 4.78 is 5.87. The summed E-state index contributed by atoms with van der Waals surface area (Å²) in [6, 6.07) is 3.69. The van der Waals surface area contributed by atoms with Gasteiger partial charge in [-0.3, -0.25) is 9.59 Å². The first-order chi connectivity index (χ1) is 13.3. The van der Waals surface area contributed by atoms with Gasteiger partial charge in [0.2, 0.25) is 0 Å². The molecule has 146 valence electrons. The minimum atomic E-state index is -0.543. The predicted octanol–water partition coefficient (Wildman–Crippen LogP) is 4.15. The molecule has 1 aliphatic heterocycles. The number of ketones is 1. The average molecular weight is 398 g/mol. The third kappa shape index (κ3) is 3.24. The molecule has 1 unspecified atom stereocenters. The van der Waals surface area contributed by atoms with E-state index < -0.39 is 5.92 Å². The van der Waals surface area contributed by atoms with Crippen LogP contribution in [0.4, 0.5) is 5.82 Å². The Bertz CT molecular complexity index is 1060. The molecule has 1 aliphatic carbocycles. The lowest BCUT2D eigenvalue weighted by Gasteiger charge is -2.37. The molecule has 0 bridgehead atoms. The molecule has 2 aromatic rings. The molecule has 3 heterocycles. The molecule has 0 radical (unpaired) electrons. The van der Waals surface area contributed by atoms with E-state index in [4.69, 9.17) is 4.42 Å². The minimum absolute atomic E-state index is 0.0490. The van der Waals surface area contributed by atoms with Crippen molar-refractivity contribution in [2.75, 3.05) is 11.1 Å². The first-order valence-electron chi connectivity index (χ1n) is 9.26. The number of nitrogens with one attached hydrogen (secondary N) is 2. The van der Waals surface area contributed by atoms with E-state index in [1.54, 1.807) is 6.08 Å². The van der Waals surface area contributed by atoms with Crippen molar-refractivity contribution >= 4 is 23.4 Å². The van der Waals surface area contributed by atoms with Gasteiger partial charge < -0.3 is 14.7 Å². The van der Waals surface area contributed by atoms with Crippen LogP contribution in [0.3, 0.4) is 0 Å². The third-order valence-electron chi connectivity index (χ3n) is 5.08. The van der Waals surface area contributed by atoms with Gasteiger partial charge in [-0.15, -0.1) is 6.58 Å². The zero-order valence-corrected chi connectivity index (χ0v) is 17.0. The van der Waals surface area contributed by atoms with E-state index in [2.05, 4.69) is 35.7 Å². The molecule has 0 saturated carbocycles. The highest BCUT2D eigenvalue weighted by molar-refractivity contribution is 7.99. The molecule has 0 amide bonds. The van der Waals surface area contributed by atoms with Gasteiger partial charge >= 0.3 is 0 Å². The van der Waals surface area contributed by atoms with Crippen LogP contribution in [0.25, 0.3) is 0 Å². The second kappa shape index (κ2) is 6.81. The van der Waals surface area contributed by atoms with Crippen molar-refractivity contribution in [3.63, 3.8) is 0 Å². The molecule has 6 nitrogen and oxygen atoms in total. The SMILES string of the molecule is C=CCSc1nc2c(c(=O)[nH]1)C(c1ccc(C)o1)C1=C(CC(C)(C)CC1=O)N2. The Hall–Kier alpha value is -2.54. The molecule has 7 heteroatoms. The van der Waals surface area contributed by atoms with Crippen LogP contribution in [0.1, 0.15) is 49.7 Å². The summed E-state index contributed by atoms with van der Waals surface area (Å²) in [4.78, 5) is 33.5. The number of hydrogen-bond donors (Lipinski definition) is 2. The monoisotopic (exact) mass is 397 g/mol. The molecule has 4 rings (SSSR count). The molecular formula is C21H23N3O3S. The van der Waals surface area contributed by atoms with Gasteiger partial charge in [0.25, 0.3) is 5.56 Å². The van der Waals surface area contributed by atoms with E-state index in [1.165, 1.54) is 11.8 Å². The van der Waals surface area contributed by atoms with Crippen LogP contribution in [0.5, 0.6) is 0 Å². The molecule has 0 fully saturated rings. The number of fused-ring (bicyclic) bond motifs is 1. The fourth-order valence-corrected chi connectivity index (χ4v) is 4.59. The highest BCUT2D eigenvalue weighted by Gasteiger charge is 2.43. The number of Topliss-reactive ketones (excluding diaryl/α,β-unsaturated/α-hetero) is 1. The molecule has 0 spiro atoms. The lowest BCUT2D eigenvalue weighted by molar-refractivity contribution is -0.118. The topological polar surface area (TPSA) is 88.0 Å². The Kier molecular flexibility index (Phi) is 4.57. The summed E-state index contributed by atoms with van der Waals surface area (Å²) in [6.45, 7) is 9.71. The van der Waals surface area contributed by atoms with Gasteiger partial charge in [0, 0.05) is 23.4 Å². The van der Waals surface area contributed by atoms with E-state index in [9.17, 15) is 9.59 Å². The van der Waals surface area contributed by atoms with Crippen molar-refractivity contribution in [1.82, 2.24) is 9.97 Å². The maximum absolute atomic E-state index is 13.1. The molecule has 0 aromatic carbocycles. The Labute approximate surface area is 167 Å². The number of carbonyl (C=O) groups excluding carboxylic acids is 1. The number of rotatable bonds is 4. The zero-order chi connectivity index (χ0) is 20.1. The summed E-state index contributed by atoms with van der Waals surface area (Å²) in [6.07, 6.45) is 2.92. The van der Waals surface area contributed by atoms with Gasteiger partial charge in [-0.2, -0.15) is 0 Å². The summed E-state index contributed by atoms with van der Waals surface area (Å²) in [7, 11) is 0. The van der Waals surface area contributed by atoms with Crippen LogP contribution in [-0.4, -0.2) is 21.5 Å². The first kappa shape index (κ1) is 18.8. The van der Waals surface area contributed by atoms with Gasteiger partial charge in [-0.25, -0.2) is 4.98 Å². The van der Waals surface area contributed by atoms with E-state index in [1.807, 2.05) is 19.1 Å². The summed E-state index contributed by atoms with van der Waals surface area (Å²) >= 11 is 1.41. The molecule has 1 atom stereocenters. The maximum atomic E-state index is 13.1. The number of aryl methyl sites for hydroxylation is 1. The maximum Gasteiger partial charge on any atom is 0.257 e. The number of H-pyrrole nitrogens is 1. The van der Waals surface area contributed by atoms with Gasteiger partial charge in [-0.05, 0) is 30.9 Å². The number of aromatic nitrogens is 2. The number of carbonyl (C=O) groups is 1. The van der Waals surface area contributed by atoms with Crippen molar-refractivity contribution in [3.8, 4) is 0 Å². The number of anilines is 1. The minimum Gasteiger partial charge on any atom is -0.465 e. The Morgan fingerprint density at radius 3 is 2.82 bits per heavy atom. The quantitative estimate of drug-likeness (QED) is 0.458. The lowest BCUT2D eigenvalue weighted by atomic mass is 9.70. The van der Waals surface area contributed by atoms with Crippen molar-refractivity contribution < 1.29 is 9.21 Å². The van der Waals surface area contributed by atoms with Crippen LogP contribution >= 0.6 is 11.8 Å².